The second kappa shape index (κ2) is 29.1. The van der Waals surface area contributed by atoms with E-state index in [-0.39, 0.29) is 52.9 Å². The van der Waals surface area contributed by atoms with Crippen molar-refractivity contribution in [2.24, 2.45) is 0 Å². The van der Waals surface area contributed by atoms with Gasteiger partial charge in [-0.2, -0.15) is 0 Å². The van der Waals surface area contributed by atoms with Crippen LogP contribution in [0.5, 0.6) is 0 Å². The van der Waals surface area contributed by atoms with Gasteiger partial charge in [0.15, 0.2) is 24.3 Å². The molecule has 11 nitrogen and oxygen atoms in total. The van der Waals surface area contributed by atoms with Crippen LogP contribution in [0.1, 0.15) is 38.9 Å². The summed E-state index contributed by atoms with van der Waals surface area (Å²) in [6, 6.07) is 67.3. The molecule has 0 bridgehead atoms. The van der Waals surface area contributed by atoms with E-state index in [1.54, 1.807) is 0 Å². The summed E-state index contributed by atoms with van der Waals surface area (Å²) in [4.78, 5) is 29.9. The Labute approximate surface area is 434 Å². The quantitative estimate of drug-likeness (QED) is 0.0362. The highest BCUT2D eigenvalue weighted by atomic mass is 16.7. The number of carbonyl (C=O) groups excluding carboxylic acids is 2. The van der Waals surface area contributed by atoms with E-state index >= 15 is 4.79 Å². The van der Waals surface area contributed by atoms with Gasteiger partial charge in [-0.1, -0.05) is 218 Å². The van der Waals surface area contributed by atoms with E-state index in [0.29, 0.717) is 0 Å². The Kier molecular flexibility index (Phi) is 21.0. The molecule has 0 N–H and O–H groups in total. The lowest BCUT2D eigenvalue weighted by Crippen LogP contribution is -2.60. The zero-order valence-electron chi connectivity index (χ0n) is 41.5. The largest absolute Gasteiger partial charge is 0.369 e. The molecule has 0 saturated carbocycles. The fraction of sp³-hybridized carbons (Fsp3) is 0.270. The number of hydrogen-bond acceptors (Lipinski definition) is 11. The lowest BCUT2D eigenvalue weighted by atomic mass is 9.96. The van der Waals surface area contributed by atoms with Gasteiger partial charge >= 0.3 is 0 Å². The lowest BCUT2D eigenvalue weighted by molar-refractivity contribution is -0.307. The van der Waals surface area contributed by atoms with Crippen LogP contribution >= 0.6 is 0 Å². The number of hydrogen-bond donors (Lipinski definition) is 0. The summed E-state index contributed by atoms with van der Waals surface area (Å²) in [5.74, 6) is 4.89. The Morgan fingerprint density at radius 1 is 0.432 bits per heavy atom. The van der Waals surface area contributed by atoms with Crippen LogP contribution in [-0.4, -0.2) is 74.3 Å². The number of benzene rings is 7. The molecular formula is C63H62O11. The minimum Gasteiger partial charge on any atom is -0.369 e. The topological polar surface area (TPSA) is 117 Å². The monoisotopic (exact) mass is 994 g/mol. The number of carbonyl (C=O) groups is 2. The Hall–Kier alpha value is -6.92. The summed E-state index contributed by atoms with van der Waals surface area (Å²) in [5, 5.41) is 0. The van der Waals surface area contributed by atoms with Gasteiger partial charge in [0, 0.05) is 7.11 Å². The van der Waals surface area contributed by atoms with E-state index in [4.69, 9.17) is 42.6 Å². The van der Waals surface area contributed by atoms with Gasteiger partial charge in [0.2, 0.25) is 5.78 Å². The molecule has 0 aromatic heterocycles. The van der Waals surface area contributed by atoms with Crippen LogP contribution in [0.25, 0.3) is 0 Å². The molecule has 1 heterocycles. The van der Waals surface area contributed by atoms with E-state index in [1.165, 1.54) is 7.11 Å². The van der Waals surface area contributed by atoms with E-state index in [2.05, 4.69) is 11.8 Å². The van der Waals surface area contributed by atoms with E-state index < -0.39 is 60.6 Å². The molecule has 74 heavy (non-hydrogen) atoms. The minimum absolute atomic E-state index is 0.0153. The number of Topliss-reactive ketones (excluding diaryl/α,β-unsaturated/α-hetero) is 2. The fourth-order valence-electron chi connectivity index (χ4n) is 8.42. The van der Waals surface area contributed by atoms with Crippen molar-refractivity contribution < 1.29 is 52.2 Å². The molecule has 4 unspecified atom stereocenters. The third-order valence-electron chi connectivity index (χ3n) is 12.3. The molecule has 380 valence electrons. The van der Waals surface area contributed by atoms with Crippen molar-refractivity contribution in [3.05, 3.63) is 251 Å². The smallest absolute Gasteiger partial charge is 0.237 e. The highest BCUT2D eigenvalue weighted by Gasteiger charge is 2.49. The predicted octanol–water partition coefficient (Wildman–Crippen LogP) is 10.2. The third-order valence-corrected chi connectivity index (χ3v) is 12.3. The fourth-order valence-corrected chi connectivity index (χ4v) is 8.42. The Morgan fingerprint density at radius 2 is 0.784 bits per heavy atom. The van der Waals surface area contributed by atoms with Gasteiger partial charge in [-0.05, 0) is 44.9 Å². The molecule has 7 aromatic carbocycles. The first-order chi connectivity index (χ1) is 36.5. The van der Waals surface area contributed by atoms with Crippen molar-refractivity contribution in [3.63, 3.8) is 0 Å². The summed E-state index contributed by atoms with van der Waals surface area (Å²) >= 11 is 0. The molecule has 8 rings (SSSR count). The van der Waals surface area contributed by atoms with Crippen molar-refractivity contribution in [2.75, 3.05) is 13.7 Å². The van der Waals surface area contributed by atoms with Crippen LogP contribution in [0, 0.1) is 11.8 Å². The van der Waals surface area contributed by atoms with Crippen molar-refractivity contribution in [2.45, 2.75) is 95.3 Å². The Bertz CT molecular complexity index is 2760. The molecule has 0 radical (unpaired) electrons. The summed E-state index contributed by atoms with van der Waals surface area (Å²) < 4.78 is 58.8. The maximum absolute atomic E-state index is 15.3. The van der Waals surface area contributed by atoms with Crippen molar-refractivity contribution in [1.29, 1.82) is 0 Å². The lowest BCUT2D eigenvalue weighted by Gasteiger charge is -2.44. The molecule has 7 aromatic rings. The number of rotatable bonds is 27. The predicted molar refractivity (Wildman–Crippen MR) is 280 cm³/mol. The van der Waals surface area contributed by atoms with Crippen molar-refractivity contribution in [1.82, 2.24) is 0 Å². The molecule has 0 aliphatic carbocycles. The second-order valence-electron chi connectivity index (χ2n) is 17.7. The molecule has 11 heteroatoms. The van der Waals surface area contributed by atoms with E-state index in [1.807, 2.05) is 212 Å². The normalized spacial score (nSPS) is 18.6. The van der Waals surface area contributed by atoms with Gasteiger partial charge in [-0.15, -0.1) is 0 Å². The van der Waals surface area contributed by atoms with Gasteiger partial charge in [-0.3, -0.25) is 9.59 Å². The zero-order chi connectivity index (χ0) is 51.0. The van der Waals surface area contributed by atoms with Gasteiger partial charge in [-0.25, -0.2) is 0 Å². The minimum atomic E-state index is -1.47. The molecule has 1 aliphatic heterocycles. The Morgan fingerprint density at radius 3 is 1.20 bits per heavy atom. The molecule has 8 atom stereocenters. The highest BCUT2D eigenvalue weighted by molar-refractivity contribution is 6.00. The first-order valence-electron chi connectivity index (χ1n) is 24.8. The average Bonchev–Trinajstić information content (AvgIpc) is 3.46. The van der Waals surface area contributed by atoms with Crippen LogP contribution in [-0.2, 0) is 98.5 Å². The molecule has 0 spiro atoms. The van der Waals surface area contributed by atoms with E-state index in [9.17, 15) is 4.79 Å². The standard InChI is InChI=1S/C63H62O11/c1-66-63-62(73-45-53-35-21-8-22-36-53)61(72-44-52-33-19-7-20-34-52)59(70-42-50-29-15-5-16-30-50)56(74-63)38-37-54(64)57(68-40-48-25-11-3-12-26-48)60(71-43-51-31-17-6-18-32-51)58(69-41-49-27-13-4-14-28-49)55(65)46-67-39-47-23-9-2-10-24-47/h2-36,56-63H,39-46H2,1H3/t56-,57?,58-,59-,60?,61?,62?,63+/m1/s1. The number of ether oxygens (including phenoxy) is 9. The summed E-state index contributed by atoms with van der Waals surface area (Å²) in [7, 11) is 1.52. The molecule has 1 fully saturated rings. The zero-order valence-corrected chi connectivity index (χ0v) is 41.5. The SMILES string of the molecule is CO[C@H]1O[C@H](C#CC(=O)C(OCc2ccccc2)C(OCc2ccccc2)[C@H](OCc2ccccc2)C(=O)COCc2ccccc2)[C@@H](OCc2ccccc2)C(OCc2ccccc2)C1OCc1ccccc1. The van der Waals surface area contributed by atoms with Gasteiger partial charge < -0.3 is 42.6 Å². The van der Waals surface area contributed by atoms with Gasteiger partial charge in [0.1, 0.15) is 37.1 Å². The highest BCUT2D eigenvalue weighted by Crippen LogP contribution is 2.31. The number of methoxy groups -OCH3 is 1. The molecule has 1 aliphatic rings. The van der Waals surface area contributed by atoms with Crippen molar-refractivity contribution >= 4 is 11.6 Å². The van der Waals surface area contributed by atoms with Gasteiger partial charge in [0.25, 0.3) is 0 Å². The van der Waals surface area contributed by atoms with Crippen LogP contribution in [0.4, 0.5) is 0 Å². The van der Waals surface area contributed by atoms with Crippen LogP contribution in [0.2, 0.25) is 0 Å². The van der Waals surface area contributed by atoms with Crippen LogP contribution in [0.15, 0.2) is 212 Å². The average molecular weight is 995 g/mol. The van der Waals surface area contributed by atoms with Crippen LogP contribution in [0.3, 0.4) is 0 Å². The first kappa shape index (κ1) is 53.4. The van der Waals surface area contributed by atoms with Crippen LogP contribution < -0.4 is 0 Å². The molecular weight excluding hydrogens is 933 g/mol. The number of ketones is 2. The second-order valence-corrected chi connectivity index (χ2v) is 17.7. The summed E-state index contributed by atoms with van der Waals surface area (Å²) in [6.45, 7) is 0.478. The first-order valence-corrected chi connectivity index (χ1v) is 24.8. The maximum atomic E-state index is 15.3. The molecule has 0 amide bonds. The summed E-state index contributed by atoms with van der Waals surface area (Å²) in [6.07, 6.45) is -8.76. The Balaban J connectivity index is 1.16. The summed E-state index contributed by atoms with van der Waals surface area (Å²) in [5.41, 5.74) is 6.06. The molecule has 1 saturated heterocycles. The maximum Gasteiger partial charge on any atom is 0.237 e. The van der Waals surface area contributed by atoms with E-state index in [0.717, 1.165) is 38.9 Å². The third kappa shape index (κ3) is 16.3. The van der Waals surface area contributed by atoms with Gasteiger partial charge in [0.05, 0.1) is 46.2 Å². The van der Waals surface area contributed by atoms with Crippen molar-refractivity contribution in [3.8, 4) is 11.8 Å².